The summed E-state index contributed by atoms with van der Waals surface area (Å²) in [6, 6.07) is 2.93. The van der Waals surface area contributed by atoms with Gasteiger partial charge in [0.2, 0.25) is 0 Å². The number of ether oxygens (including phenoxy) is 4. The maximum Gasteiger partial charge on any atom is 0.184 e. The zero-order valence-corrected chi connectivity index (χ0v) is 13.3. The molecular weight excluding hydrogens is 324 g/mol. The molecule has 24 heavy (non-hydrogen) atoms. The topological polar surface area (TPSA) is 138 Å². The van der Waals surface area contributed by atoms with Gasteiger partial charge in [-0.15, -0.1) is 0 Å². The molecule has 5 atom stereocenters. The highest BCUT2D eigenvalue weighted by molar-refractivity contribution is 5.50. The quantitative estimate of drug-likeness (QED) is 0.411. The minimum atomic E-state index is -1.63. The summed E-state index contributed by atoms with van der Waals surface area (Å²) < 4.78 is 21.0. The van der Waals surface area contributed by atoms with Gasteiger partial charge in [-0.1, -0.05) is 0 Å². The maximum atomic E-state index is 10.1. The Morgan fingerprint density at radius 3 is 2.04 bits per heavy atom. The largest absolute Gasteiger partial charge is 0.496 e. The predicted molar refractivity (Wildman–Crippen MR) is 79.9 cm³/mol. The van der Waals surface area contributed by atoms with Gasteiger partial charge in [-0.3, -0.25) is 0 Å². The molecule has 0 bridgehead atoms. The summed E-state index contributed by atoms with van der Waals surface area (Å²) in [5, 5.41) is 48.1. The first-order valence-corrected chi connectivity index (χ1v) is 7.29. The van der Waals surface area contributed by atoms with Gasteiger partial charge < -0.3 is 44.5 Å². The van der Waals surface area contributed by atoms with Crippen LogP contribution in [-0.2, 0) is 11.3 Å². The number of aliphatic hydroxyl groups is 5. The fourth-order valence-electron chi connectivity index (χ4n) is 2.55. The van der Waals surface area contributed by atoms with Gasteiger partial charge in [0.15, 0.2) is 12.4 Å². The Kier molecular flexibility index (Phi) is 6.21. The molecule has 0 unspecified atom stereocenters. The van der Waals surface area contributed by atoms with Crippen molar-refractivity contribution < 1.29 is 44.5 Å². The number of hydrogen-bond acceptors (Lipinski definition) is 9. The number of rotatable bonds is 6. The van der Waals surface area contributed by atoms with E-state index in [9.17, 15) is 25.5 Å². The fourth-order valence-corrected chi connectivity index (χ4v) is 2.55. The molecule has 2 rings (SSSR count). The normalized spacial score (nSPS) is 30.0. The van der Waals surface area contributed by atoms with Crippen LogP contribution in [0.4, 0.5) is 0 Å². The zero-order chi connectivity index (χ0) is 17.9. The van der Waals surface area contributed by atoms with Crippen molar-refractivity contribution in [3.8, 4) is 17.2 Å². The maximum absolute atomic E-state index is 10.1. The van der Waals surface area contributed by atoms with Gasteiger partial charge in [-0.05, 0) is 0 Å². The van der Waals surface area contributed by atoms with Gasteiger partial charge >= 0.3 is 0 Å². The van der Waals surface area contributed by atoms with E-state index in [-0.39, 0.29) is 12.4 Å². The van der Waals surface area contributed by atoms with Crippen LogP contribution in [0.15, 0.2) is 12.1 Å². The molecule has 1 heterocycles. The molecule has 9 nitrogen and oxygen atoms in total. The van der Waals surface area contributed by atoms with Crippen molar-refractivity contribution in [2.24, 2.45) is 0 Å². The molecule has 1 saturated heterocycles. The highest BCUT2D eigenvalue weighted by atomic mass is 16.7. The second-order valence-corrected chi connectivity index (χ2v) is 5.28. The molecule has 0 spiro atoms. The SMILES string of the molecule is COc1cc(O[C@H]2[C@H](O)[C@@H](O)[C@H](O)O[C@@H]2CO)cc(OC)c1CO. The van der Waals surface area contributed by atoms with Crippen molar-refractivity contribution in [3.05, 3.63) is 17.7 Å². The standard InChI is InChI=1S/C15H22O9/c1-21-9-3-7(4-10(22-2)8(9)5-16)23-14-11(6-17)24-15(20)13(19)12(14)18/h3-4,11-20H,5-6H2,1-2H3/t11-,12-,13-,14-,15-/m1/s1. The molecule has 5 N–H and O–H groups in total. The highest BCUT2D eigenvalue weighted by Gasteiger charge is 2.45. The van der Waals surface area contributed by atoms with Crippen molar-refractivity contribution >= 4 is 0 Å². The van der Waals surface area contributed by atoms with E-state index in [1.807, 2.05) is 0 Å². The van der Waals surface area contributed by atoms with Crippen LogP contribution in [0.2, 0.25) is 0 Å². The van der Waals surface area contributed by atoms with Crippen LogP contribution >= 0.6 is 0 Å². The smallest absolute Gasteiger partial charge is 0.184 e. The van der Waals surface area contributed by atoms with Crippen LogP contribution in [0.25, 0.3) is 0 Å². The predicted octanol–water partition coefficient (Wildman–Crippen LogP) is -1.63. The Morgan fingerprint density at radius 1 is 1.00 bits per heavy atom. The first kappa shape index (κ1) is 18.7. The van der Waals surface area contributed by atoms with Crippen molar-refractivity contribution in [2.75, 3.05) is 20.8 Å². The number of methoxy groups -OCH3 is 2. The van der Waals surface area contributed by atoms with Gasteiger partial charge in [-0.2, -0.15) is 0 Å². The van der Waals surface area contributed by atoms with Crippen LogP contribution in [0.1, 0.15) is 5.56 Å². The van der Waals surface area contributed by atoms with E-state index >= 15 is 0 Å². The molecular formula is C15H22O9. The third kappa shape index (κ3) is 3.56. The van der Waals surface area contributed by atoms with Gasteiger partial charge in [-0.25, -0.2) is 0 Å². The summed E-state index contributed by atoms with van der Waals surface area (Å²) in [7, 11) is 2.82. The molecule has 0 aromatic heterocycles. The summed E-state index contributed by atoms with van der Waals surface area (Å²) in [5.41, 5.74) is 0.418. The highest BCUT2D eigenvalue weighted by Crippen LogP contribution is 2.35. The molecule has 1 aliphatic heterocycles. The number of hydrogen-bond donors (Lipinski definition) is 5. The third-order valence-corrected chi connectivity index (χ3v) is 3.85. The molecule has 136 valence electrons. The van der Waals surface area contributed by atoms with Crippen LogP contribution in [0.3, 0.4) is 0 Å². The Hall–Kier alpha value is -1.62. The van der Waals surface area contributed by atoms with E-state index in [1.165, 1.54) is 26.4 Å². The van der Waals surface area contributed by atoms with Gasteiger partial charge in [0, 0.05) is 12.1 Å². The molecule has 0 radical (unpaired) electrons. The van der Waals surface area contributed by atoms with Crippen molar-refractivity contribution in [1.29, 1.82) is 0 Å². The van der Waals surface area contributed by atoms with Crippen LogP contribution in [-0.4, -0.2) is 77.1 Å². The molecule has 0 amide bonds. The molecule has 0 saturated carbocycles. The average Bonchev–Trinajstić information content (AvgIpc) is 2.60. The van der Waals surface area contributed by atoms with E-state index < -0.39 is 37.3 Å². The van der Waals surface area contributed by atoms with Gasteiger partial charge in [0.05, 0.1) is 33.0 Å². The minimum Gasteiger partial charge on any atom is -0.496 e. The monoisotopic (exact) mass is 346 g/mol. The van der Waals surface area contributed by atoms with Crippen LogP contribution < -0.4 is 14.2 Å². The van der Waals surface area contributed by atoms with E-state index in [1.54, 1.807) is 0 Å². The van der Waals surface area contributed by atoms with E-state index in [0.717, 1.165) is 0 Å². The lowest BCUT2D eigenvalue weighted by Crippen LogP contribution is -2.60. The Bertz CT molecular complexity index is 523. The van der Waals surface area contributed by atoms with E-state index in [2.05, 4.69) is 0 Å². The van der Waals surface area contributed by atoms with E-state index in [4.69, 9.17) is 18.9 Å². The van der Waals surface area contributed by atoms with E-state index in [0.29, 0.717) is 17.1 Å². The lowest BCUT2D eigenvalue weighted by molar-refractivity contribution is -0.282. The fraction of sp³-hybridized carbons (Fsp3) is 0.600. The zero-order valence-electron chi connectivity index (χ0n) is 13.3. The third-order valence-electron chi connectivity index (χ3n) is 3.85. The first-order valence-electron chi connectivity index (χ1n) is 7.29. The molecule has 9 heteroatoms. The molecule has 1 fully saturated rings. The summed E-state index contributed by atoms with van der Waals surface area (Å²) in [5.74, 6) is 0.814. The second-order valence-electron chi connectivity index (χ2n) is 5.28. The average molecular weight is 346 g/mol. The summed E-state index contributed by atoms with van der Waals surface area (Å²) >= 11 is 0. The number of aliphatic hydroxyl groups excluding tert-OH is 5. The van der Waals surface area contributed by atoms with Gasteiger partial charge in [0.25, 0.3) is 0 Å². The molecule has 1 aromatic rings. The first-order chi connectivity index (χ1) is 11.5. The number of benzene rings is 1. The van der Waals surface area contributed by atoms with Gasteiger partial charge in [0.1, 0.15) is 35.6 Å². The lowest BCUT2D eigenvalue weighted by atomic mass is 9.99. The molecule has 0 aliphatic carbocycles. The summed E-state index contributed by atoms with van der Waals surface area (Å²) in [6.07, 6.45) is -6.88. The summed E-state index contributed by atoms with van der Waals surface area (Å²) in [4.78, 5) is 0. The lowest BCUT2D eigenvalue weighted by Gasteiger charge is -2.40. The summed E-state index contributed by atoms with van der Waals surface area (Å²) in [6.45, 7) is -0.847. The Balaban J connectivity index is 2.31. The Morgan fingerprint density at radius 2 is 1.58 bits per heavy atom. The van der Waals surface area contributed by atoms with Crippen LogP contribution in [0, 0.1) is 0 Å². The van der Waals surface area contributed by atoms with Crippen molar-refractivity contribution in [2.45, 2.75) is 37.3 Å². The van der Waals surface area contributed by atoms with Crippen LogP contribution in [0.5, 0.6) is 17.2 Å². The molecule has 1 aromatic carbocycles. The minimum absolute atomic E-state index is 0.204. The van der Waals surface area contributed by atoms with Crippen molar-refractivity contribution in [1.82, 2.24) is 0 Å². The second kappa shape index (κ2) is 7.97. The van der Waals surface area contributed by atoms with Crippen molar-refractivity contribution in [3.63, 3.8) is 0 Å². The Labute approximate surface area is 138 Å². The molecule has 1 aliphatic rings.